The molecule has 0 fully saturated rings. The van der Waals surface area contributed by atoms with Crippen LogP contribution in [0.4, 0.5) is 0 Å². The molecule has 0 aliphatic heterocycles. The molecule has 268 valence electrons. The van der Waals surface area contributed by atoms with Crippen molar-refractivity contribution in [2.24, 2.45) is 0 Å². The standard InChI is InChI=1S/C41H74O5/c1-3-5-7-9-11-13-15-17-19-20-22-24-26-28-30-32-34-36-41(44)46-39(37-42)38-45-40(43)35-33-31-29-27-25-23-21-18-16-14-12-10-8-6-4-2/h11,13,17-19,21,39,42H,3-10,12,14-16,20,22-38H2,1-2H3. The lowest BCUT2D eigenvalue weighted by atomic mass is 10.1. The number of carbonyl (C=O) groups is 2. The molecule has 5 heteroatoms. The molecule has 0 bridgehead atoms. The Hall–Kier alpha value is -1.88. The molecular weight excluding hydrogens is 572 g/mol. The summed E-state index contributed by atoms with van der Waals surface area (Å²) in [5, 5.41) is 9.54. The van der Waals surface area contributed by atoms with Gasteiger partial charge in [0.2, 0.25) is 0 Å². The van der Waals surface area contributed by atoms with Gasteiger partial charge in [0.05, 0.1) is 6.61 Å². The summed E-state index contributed by atoms with van der Waals surface area (Å²) in [7, 11) is 0. The first-order chi connectivity index (χ1) is 22.6. The number of aliphatic hydroxyl groups is 1. The molecule has 0 aliphatic rings. The fourth-order valence-electron chi connectivity index (χ4n) is 5.40. The average molecular weight is 647 g/mol. The minimum absolute atomic E-state index is 0.0723. The molecule has 0 heterocycles. The minimum atomic E-state index is -0.776. The van der Waals surface area contributed by atoms with Gasteiger partial charge < -0.3 is 14.6 Å². The lowest BCUT2D eigenvalue weighted by Gasteiger charge is -2.15. The third-order valence-corrected chi connectivity index (χ3v) is 8.41. The molecule has 0 saturated heterocycles. The largest absolute Gasteiger partial charge is 0.462 e. The van der Waals surface area contributed by atoms with E-state index in [9.17, 15) is 14.7 Å². The molecule has 0 radical (unpaired) electrons. The van der Waals surface area contributed by atoms with Crippen LogP contribution in [0.1, 0.15) is 194 Å². The normalized spacial score (nSPS) is 12.5. The Balaban J connectivity index is 3.58. The Morgan fingerprint density at radius 3 is 1.35 bits per heavy atom. The van der Waals surface area contributed by atoms with Crippen LogP contribution in [0.25, 0.3) is 0 Å². The van der Waals surface area contributed by atoms with Crippen molar-refractivity contribution in [2.45, 2.75) is 200 Å². The molecule has 46 heavy (non-hydrogen) atoms. The number of hydrogen-bond acceptors (Lipinski definition) is 5. The number of esters is 2. The summed E-state index contributed by atoms with van der Waals surface area (Å²) in [5.41, 5.74) is 0. The van der Waals surface area contributed by atoms with E-state index in [0.29, 0.717) is 12.8 Å². The van der Waals surface area contributed by atoms with Gasteiger partial charge in [0, 0.05) is 12.8 Å². The van der Waals surface area contributed by atoms with Gasteiger partial charge in [0.15, 0.2) is 6.10 Å². The Bertz CT molecular complexity index is 741. The summed E-state index contributed by atoms with van der Waals surface area (Å²) >= 11 is 0. The second-order valence-electron chi connectivity index (χ2n) is 13.0. The van der Waals surface area contributed by atoms with Crippen molar-refractivity contribution >= 4 is 11.9 Å². The third-order valence-electron chi connectivity index (χ3n) is 8.41. The summed E-state index contributed by atoms with van der Waals surface area (Å²) in [4.78, 5) is 24.2. The predicted molar refractivity (Wildman–Crippen MR) is 196 cm³/mol. The highest BCUT2D eigenvalue weighted by Crippen LogP contribution is 2.13. The molecule has 0 saturated carbocycles. The highest BCUT2D eigenvalue weighted by atomic mass is 16.6. The molecule has 0 aromatic rings. The monoisotopic (exact) mass is 647 g/mol. The molecule has 5 nitrogen and oxygen atoms in total. The van der Waals surface area contributed by atoms with E-state index < -0.39 is 6.10 Å². The number of carbonyl (C=O) groups excluding carboxylic acids is 2. The molecule has 1 N–H and O–H groups in total. The topological polar surface area (TPSA) is 72.8 Å². The zero-order valence-electron chi connectivity index (χ0n) is 30.3. The zero-order valence-corrected chi connectivity index (χ0v) is 30.3. The van der Waals surface area contributed by atoms with Crippen molar-refractivity contribution in [1.82, 2.24) is 0 Å². The summed E-state index contributed by atoms with van der Waals surface area (Å²) in [6, 6.07) is 0. The SMILES string of the molecule is CCCCCC=CCC=CCCCCCCCCCC(=O)OC(CO)COC(=O)CCCCCCCC=CCCCCCCCC. The summed E-state index contributed by atoms with van der Waals surface area (Å²) in [5.74, 6) is -0.608. The van der Waals surface area contributed by atoms with E-state index in [1.807, 2.05) is 0 Å². The maximum atomic E-state index is 12.2. The second-order valence-corrected chi connectivity index (χ2v) is 13.0. The van der Waals surface area contributed by atoms with E-state index in [4.69, 9.17) is 9.47 Å². The van der Waals surface area contributed by atoms with Crippen LogP contribution >= 0.6 is 0 Å². The molecular formula is C41H74O5. The quantitative estimate of drug-likeness (QED) is 0.0421. The molecule has 0 rings (SSSR count). The number of ether oxygens (including phenoxy) is 2. The van der Waals surface area contributed by atoms with Gasteiger partial charge in [-0.15, -0.1) is 0 Å². The van der Waals surface area contributed by atoms with E-state index in [-0.39, 0.29) is 25.2 Å². The van der Waals surface area contributed by atoms with Crippen LogP contribution < -0.4 is 0 Å². The third kappa shape index (κ3) is 35.0. The second kappa shape index (κ2) is 37.6. The van der Waals surface area contributed by atoms with Crippen LogP contribution in [-0.2, 0) is 19.1 Å². The Morgan fingerprint density at radius 2 is 0.870 bits per heavy atom. The Morgan fingerprint density at radius 1 is 0.500 bits per heavy atom. The van der Waals surface area contributed by atoms with Gasteiger partial charge in [-0.3, -0.25) is 9.59 Å². The number of aliphatic hydroxyl groups excluding tert-OH is 1. The van der Waals surface area contributed by atoms with Crippen molar-refractivity contribution in [3.8, 4) is 0 Å². The van der Waals surface area contributed by atoms with Crippen molar-refractivity contribution in [3.63, 3.8) is 0 Å². The Kier molecular flexibility index (Phi) is 36.0. The number of allylic oxidation sites excluding steroid dienone is 6. The number of rotatable bonds is 35. The van der Waals surface area contributed by atoms with Crippen LogP contribution in [0.2, 0.25) is 0 Å². The van der Waals surface area contributed by atoms with Crippen molar-refractivity contribution in [3.05, 3.63) is 36.5 Å². The average Bonchev–Trinajstić information content (AvgIpc) is 3.06. The van der Waals surface area contributed by atoms with Gasteiger partial charge in [-0.2, -0.15) is 0 Å². The molecule has 0 aromatic carbocycles. The molecule has 0 spiro atoms. The maximum Gasteiger partial charge on any atom is 0.306 e. The van der Waals surface area contributed by atoms with Crippen molar-refractivity contribution in [1.29, 1.82) is 0 Å². The van der Waals surface area contributed by atoms with Gasteiger partial charge in [-0.05, 0) is 70.6 Å². The van der Waals surface area contributed by atoms with Crippen LogP contribution in [0.15, 0.2) is 36.5 Å². The first-order valence-electron chi connectivity index (χ1n) is 19.5. The minimum Gasteiger partial charge on any atom is -0.462 e. The van der Waals surface area contributed by atoms with E-state index in [1.165, 1.54) is 109 Å². The number of unbranched alkanes of at least 4 members (excludes halogenated alkanes) is 21. The smallest absolute Gasteiger partial charge is 0.306 e. The van der Waals surface area contributed by atoms with Crippen LogP contribution in [0.5, 0.6) is 0 Å². The van der Waals surface area contributed by atoms with Crippen molar-refractivity contribution < 1.29 is 24.2 Å². The summed E-state index contributed by atoms with van der Waals surface area (Å²) in [6.45, 7) is 4.09. The van der Waals surface area contributed by atoms with Gasteiger partial charge in [-0.25, -0.2) is 0 Å². The van der Waals surface area contributed by atoms with Crippen LogP contribution in [0.3, 0.4) is 0 Å². The zero-order chi connectivity index (χ0) is 33.6. The fraction of sp³-hybridized carbons (Fsp3) is 0.805. The van der Waals surface area contributed by atoms with E-state index in [1.54, 1.807) is 0 Å². The van der Waals surface area contributed by atoms with Crippen LogP contribution in [0, 0.1) is 0 Å². The first-order valence-corrected chi connectivity index (χ1v) is 19.5. The molecule has 1 unspecified atom stereocenters. The van der Waals surface area contributed by atoms with Gasteiger partial charge in [-0.1, -0.05) is 147 Å². The fourth-order valence-corrected chi connectivity index (χ4v) is 5.40. The van der Waals surface area contributed by atoms with E-state index in [0.717, 1.165) is 57.8 Å². The molecule has 0 aliphatic carbocycles. The van der Waals surface area contributed by atoms with Gasteiger partial charge >= 0.3 is 11.9 Å². The molecule has 1 atom stereocenters. The Labute approximate surface area is 285 Å². The van der Waals surface area contributed by atoms with Crippen LogP contribution in [-0.4, -0.2) is 36.4 Å². The highest BCUT2D eigenvalue weighted by molar-refractivity contribution is 5.70. The first kappa shape index (κ1) is 44.1. The van der Waals surface area contributed by atoms with E-state index in [2.05, 4.69) is 50.3 Å². The van der Waals surface area contributed by atoms with Crippen molar-refractivity contribution in [2.75, 3.05) is 13.2 Å². The summed E-state index contributed by atoms with van der Waals surface area (Å²) in [6.07, 6.45) is 44.8. The number of hydrogen-bond donors (Lipinski definition) is 1. The molecule has 0 amide bonds. The highest BCUT2D eigenvalue weighted by Gasteiger charge is 2.16. The van der Waals surface area contributed by atoms with Gasteiger partial charge in [0.1, 0.15) is 6.61 Å². The van der Waals surface area contributed by atoms with E-state index >= 15 is 0 Å². The predicted octanol–water partition coefficient (Wildman–Crippen LogP) is 12.1. The summed E-state index contributed by atoms with van der Waals surface area (Å²) < 4.78 is 10.6. The van der Waals surface area contributed by atoms with Gasteiger partial charge in [0.25, 0.3) is 0 Å². The maximum absolute atomic E-state index is 12.2. The lowest BCUT2D eigenvalue weighted by molar-refractivity contribution is -0.161. The molecule has 0 aromatic heterocycles. The lowest BCUT2D eigenvalue weighted by Crippen LogP contribution is -2.28.